The van der Waals surface area contributed by atoms with Gasteiger partial charge in [-0.1, -0.05) is 0 Å². The molecule has 2 fully saturated rings. The minimum Gasteiger partial charge on any atom is -0.444 e. The van der Waals surface area contributed by atoms with Crippen molar-refractivity contribution in [2.24, 2.45) is 0 Å². The highest BCUT2D eigenvalue weighted by molar-refractivity contribution is 7.10. The fraction of sp³-hybridized carbons (Fsp3) is 0.577. The Balaban J connectivity index is 0.000000244. The standard InChI is InChI=1S/C15H20N2O2S.C10H12N2S.CH2Cl2/c1-5-12-10-20-13(16-12)11-6-8-17(9-7-11)14(18)19-15(2,3)4;1-2-9-7-13-10(12-9)8-3-5-11-6-4-8;2-1-3/h1,10-11H,6-9H2,2-4H3;1,7-8,11H,3-6H2;1H2. The average molecular weight is 570 g/mol. The number of ether oxygens (including phenoxy) is 1. The Morgan fingerprint density at radius 1 is 1.03 bits per heavy atom. The molecular formula is C26H34Cl2N4O2S2. The maximum Gasteiger partial charge on any atom is 0.410 e. The Labute approximate surface area is 233 Å². The molecule has 0 bridgehead atoms. The second-order valence-corrected chi connectivity index (χ2v) is 11.9. The van der Waals surface area contributed by atoms with Gasteiger partial charge in [0.15, 0.2) is 0 Å². The van der Waals surface area contributed by atoms with Crippen LogP contribution in [0.4, 0.5) is 4.79 Å². The summed E-state index contributed by atoms with van der Waals surface area (Å²) >= 11 is 12.8. The quantitative estimate of drug-likeness (QED) is 0.342. The summed E-state index contributed by atoms with van der Waals surface area (Å²) in [6.07, 6.45) is 14.6. The average Bonchev–Trinajstić information content (AvgIpc) is 3.55. The van der Waals surface area contributed by atoms with Crippen molar-refractivity contribution < 1.29 is 9.53 Å². The van der Waals surface area contributed by atoms with E-state index in [9.17, 15) is 4.79 Å². The molecule has 6 nitrogen and oxygen atoms in total. The molecule has 2 aliphatic rings. The predicted molar refractivity (Wildman–Crippen MR) is 151 cm³/mol. The highest BCUT2D eigenvalue weighted by Gasteiger charge is 2.28. The van der Waals surface area contributed by atoms with Gasteiger partial charge in [0.1, 0.15) is 17.0 Å². The van der Waals surface area contributed by atoms with E-state index in [1.54, 1.807) is 27.6 Å². The lowest BCUT2D eigenvalue weighted by atomic mass is 9.98. The van der Waals surface area contributed by atoms with Crippen LogP contribution in [0.5, 0.6) is 0 Å². The van der Waals surface area contributed by atoms with Crippen molar-refractivity contribution in [2.45, 2.75) is 63.9 Å². The van der Waals surface area contributed by atoms with Gasteiger partial charge < -0.3 is 15.0 Å². The number of nitrogens with zero attached hydrogens (tertiary/aromatic N) is 3. The van der Waals surface area contributed by atoms with Crippen LogP contribution in [0.1, 0.15) is 79.7 Å². The van der Waals surface area contributed by atoms with Gasteiger partial charge in [0.05, 0.1) is 15.4 Å². The smallest absolute Gasteiger partial charge is 0.410 e. The first-order valence-electron chi connectivity index (χ1n) is 11.8. The van der Waals surface area contributed by atoms with Gasteiger partial charge in [0.25, 0.3) is 0 Å². The van der Waals surface area contributed by atoms with Crippen molar-refractivity contribution in [2.75, 3.05) is 31.5 Å². The fourth-order valence-corrected chi connectivity index (χ4v) is 5.65. The van der Waals surface area contributed by atoms with Gasteiger partial charge in [-0.15, -0.1) is 58.7 Å². The van der Waals surface area contributed by atoms with Gasteiger partial charge in [-0.3, -0.25) is 0 Å². The van der Waals surface area contributed by atoms with Gasteiger partial charge in [-0.25, -0.2) is 14.8 Å². The summed E-state index contributed by atoms with van der Waals surface area (Å²) in [6.45, 7) is 9.29. The van der Waals surface area contributed by atoms with E-state index >= 15 is 0 Å². The molecule has 10 heteroatoms. The van der Waals surface area contributed by atoms with Crippen molar-refractivity contribution >= 4 is 52.0 Å². The number of hydrogen-bond donors (Lipinski definition) is 1. The number of nitrogens with one attached hydrogen (secondary N) is 1. The normalized spacial score (nSPS) is 16.5. The first kappa shape index (κ1) is 30.4. The fourth-order valence-electron chi connectivity index (χ4n) is 3.79. The summed E-state index contributed by atoms with van der Waals surface area (Å²) in [7, 11) is 0. The Morgan fingerprint density at radius 2 is 1.47 bits per heavy atom. The summed E-state index contributed by atoms with van der Waals surface area (Å²) in [4.78, 5) is 22.6. The lowest BCUT2D eigenvalue weighted by Gasteiger charge is -2.32. The van der Waals surface area contributed by atoms with Crippen LogP contribution >= 0.6 is 45.9 Å². The Kier molecular flexibility index (Phi) is 13.0. The SMILES string of the molecule is C#Cc1csc(C2CCN(C(=O)OC(C)(C)C)CC2)n1.C#Cc1csc(C2CCNCC2)n1.ClCCl. The van der Waals surface area contributed by atoms with Crippen molar-refractivity contribution in [1.29, 1.82) is 0 Å². The number of hydrogen-bond acceptors (Lipinski definition) is 7. The third-order valence-electron chi connectivity index (χ3n) is 5.52. The van der Waals surface area contributed by atoms with Gasteiger partial charge >= 0.3 is 6.09 Å². The summed E-state index contributed by atoms with van der Waals surface area (Å²) < 4.78 is 5.39. The molecule has 4 rings (SSSR count). The van der Waals surface area contributed by atoms with Crippen LogP contribution < -0.4 is 5.32 Å². The molecule has 0 aromatic carbocycles. The molecular weight excluding hydrogens is 535 g/mol. The van der Waals surface area contributed by atoms with E-state index in [4.69, 9.17) is 40.8 Å². The molecule has 1 amide bonds. The molecule has 0 atom stereocenters. The minimum absolute atomic E-state index is 0.194. The zero-order valence-electron chi connectivity index (χ0n) is 21.1. The lowest BCUT2D eigenvalue weighted by molar-refractivity contribution is 0.0205. The molecule has 196 valence electrons. The maximum atomic E-state index is 12.0. The molecule has 2 aliphatic heterocycles. The van der Waals surface area contributed by atoms with Crippen molar-refractivity contribution in [3.05, 3.63) is 32.2 Å². The topological polar surface area (TPSA) is 67.4 Å². The van der Waals surface area contributed by atoms with Crippen LogP contribution in [0, 0.1) is 24.7 Å². The van der Waals surface area contributed by atoms with Crippen LogP contribution in [-0.4, -0.2) is 58.1 Å². The zero-order chi connectivity index (χ0) is 26.6. The number of carbonyl (C=O) groups is 1. The number of alkyl halides is 2. The third kappa shape index (κ3) is 10.3. The maximum absolute atomic E-state index is 12.0. The molecule has 0 aliphatic carbocycles. The molecule has 2 aromatic heterocycles. The van der Waals surface area contributed by atoms with Crippen LogP contribution in [-0.2, 0) is 4.74 Å². The van der Waals surface area contributed by atoms with Crippen molar-refractivity contribution in [1.82, 2.24) is 20.2 Å². The van der Waals surface area contributed by atoms with Crippen molar-refractivity contribution in [3.63, 3.8) is 0 Å². The Hall–Kier alpha value is -1.81. The van der Waals surface area contributed by atoms with Crippen LogP contribution in [0.2, 0.25) is 0 Å². The molecule has 1 N–H and O–H groups in total. The first-order chi connectivity index (χ1) is 17.2. The Bertz CT molecular complexity index is 1020. The number of terminal acetylenes is 2. The highest BCUT2D eigenvalue weighted by Crippen LogP contribution is 2.31. The number of amides is 1. The molecule has 2 aromatic rings. The van der Waals surface area contributed by atoms with Crippen LogP contribution in [0.25, 0.3) is 0 Å². The Morgan fingerprint density at radius 3 is 1.86 bits per heavy atom. The number of halogens is 2. The summed E-state index contributed by atoms with van der Waals surface area (Å²) in [5.74, 6) is 6.16. The molecule has 4 heterocycles. The second kappa shape index (κ2) is 15.4. The molecule has 0 saturated carbocycles. The van der Waals surface area contributed by atoms with Gasteiger partial charge in [-0.2, -0.15) is 0 Å². The van der Waals surface area contributed by atoms with Gasteiger partial charge in [-0.05, 0) is 71.4 Å². The molecule has 0 spiro atoms. The second-order valence-electron chi connectivity index (χ2n) is 9.30. The summed E-state index contributed by atoms with van der Waals surface area (Å²) in [6, 6.07) is 0. The molecule has 36 heavy (non-hydrogen) atoms. The zero-order valence-corrected chi connectivity index (χ0v) is 24.2. The third-order valence-corrected chi connectivity index (χ3v) is 7.54. The van der Waals surface area contributed by atoms with E-state index in [2.05, 4.69) is 27.1 Å². The van der Waals surface area contributed by atoms with Crippen LogP contribution in [0.15, 0.2) is 10.8 Å². The number of rotatable bonds is 2. The first-order valence-corrected chi connectivity index (χ1v) is 14.7. The number of likely N-dealkylation sites (tertiary alicyclic amines) is 1. The summed E-state index contributed by atoms with van der Waals surface area (Å²) in [5, 5.41) is 9.72. The van der Waals surface area contributed by atoms with E-state index < -0.39 is 5.60 Å². The number of carbonyl (C=O) groups excluding carboxylic acids is 1. The number of thiazole rings is 2. The van der Waals surface area contributed by atoms with E-state index in [1.165, 1.54) is 17.8 Å². The monoisotopic (exact) mass is 568 g/mol. The molecule has 2 saturated heterocycles. The van der Waals surface area contributed by atoms with Crippen LogP contribution in [0.3, 0.4) is 0 Å². The molecule has 0 unspecified atom stereocenters. The minimum atomic E-state index is -0.440. The van der Waals surface area contributed by atoms with E-state index in [0.29, 0.717) is 30.6 Å². The van der Waals surface area contributed by atoms with Gasteiger partial charge in [0, 0.05) is 35.7 Å². The van der Waals surface area contributed by atoms with Gasteiger partial charge in [0.2, 0.25) is 0 Å². The number of piperidine rings is 2. The predicted octanol–water partition coefficient (Wildman–Crippen LogP) is 6.25. The number of aromatic nitrogens is 2. The van der Waals surface area contributed by atoms with E-state index in [-0.39, 0.29) is 11.4 Å². The largest absolute Gasteiger partial charge is 0.444 e. The lowest BCUT2D eigenvalue weighted by Crippen LogP contribution is -2.41. The van der Waals surface area contributed by atoms with Crippen molar-refractivity contribution in [3.8, 4) is 24.7 Å². The summed E-state index contributed by atoms with van der Waals surface area (Å²) in [5.41, 5.74) is 1.06. The van der Waals surface area contributed by atoms with E-state index in [0.717, 1.165) is 36.6 Å². The molecule has 0 radical (unpaired) electrons. The van der Waals surface area contributed by atoms with E-state index in [1.807, 2.05) is 31.5 Å². The highest BCUT2D eigenvalue weighted by atomic mass is 35.5.